The Hall–Kier alpha value is -2.90. The molecule has 1 aromatic carbocycles. The summed E-state index contributed by atoms with van der Waals surface area (Å²) in [7, 11) is 0. The van der Waals surface area contributed by atoms with Gasteiger partial charge in [-0.1, -0.05) is 6.07 Å². The lowest BCUT2D eigenvalue weighted by Crippen LogP contribution is -2.13. The molecule has 0 spiro atoms. The smallest absolute Gasteiger partial charge is 0.159 e. The van der Waals surface area contributed by atoms with Gasteiger partial charge in [0.05, 0.1) is 18.1 Å². The van der Waals surface area contributed by atoms with E-state index in [9.17, 15) is 13.2 Å². The minimum absolute atomic E-state index is 0.0127. The van der Waals surface area contributed by atoms with Crippen molar-refractivity contribution in [2.45, 2.75) is 6.54 Å². The predicted molar refractivity (Wildman–Crippen MR) is 74.0 cm³/mol. The fraction of sp³-hybridized carbons (Fsp3) is 0.0714. The van der Waals surface area contributed by atoms with Crippen molar-refractivity contribution in [1.82, 2.24) is 14.8 Å². The van der Waals surface area contributed by atoms with Crippen LogP contribution in [0.1, 0.15) is 11.3 Å². The highest BCUT2D eigenvalue weighted by molar-refractivity contribution is 6.04. The number of pyridine rings is 1. The van der Waals surface area contributed by atoms with Crippen LogP contribution in [0, 0.1) is 22.9 Å². The van der Waals surface area contributed by atoms with E-state index in [1.165, 1.54) is 10.7 Å². The maximum absolute atomic E-state index is 13.7. The topological polar surface area (TPSA) is 80.6 Å². The summed E-state index contributed by atoms with van der Waals surface area (Å²) in [5.74, 6) is -2.46. The Morgan fingerprint density at radius 1 is 1.23 bits per heavy atom. The van der Waals surface area contributed by atoms with Gasteiger partial charge < -0.3 is 5.73 Å². The number of nitrogens with zero attached hydrogens (tertiary/aromatic N) is 3. The lowest BCUT2D eigenvalue weighted by Gasteiger charge is -2.05. The van der Waals surface area contributed by atoms with E-state index in [0.29, 0.717) is 0 Å². The van der Waals surface area contributed by atoms with Crippen LogP contribution in [0.2, 0.25) is 0 Å². The third-order valence-corrected chi connectivity index (χ3v) is 3.18. The van der Waals surface area contributed by atoms with Gasteiger partial charge in [0.2, 0.25) is 0 Å². The molecule has 2 aromatic heterocycles. The number of benzene rings is 1. The number of halogens is 3. The zero-order chi connectivity index (χ0) is 15.9. The Labute approximate surface area is 122 Å². The van der Waals surface area contributed by atoms with Gasteiger partial charge in [-0.3, -0.25) is 5.41 Å². The zero-order valence-electron chi connectivity index (χ0n) is 11.1. The van der Waals surface area contributed by atoms with Crippen LogP contribution in [0.5, 0.6) is 0 Å². The summed E-state index contributed by atoms with van der Waals surface area (Å²) in [6, 6.07) is 4.64. The third kappa shape index (κ3) is 2.28. The molecule has 0 saturated carbocycles. The van der Waals surface area contributed by atoms with Crippen LogP contribution in [0.3, 0.4) is 0 Å². The summed E-state index contributed by atoms with van der Waals surface area (Å²) in [6.07, 6.45) is 0.960. The standard InChI is InChI=1S/C14H10F3N5/c15-7-4-8-12(13(18)19)21-22(14(8)20-5-7)6-9-10(16)2-1-3-11(9)17/h1-5H,6H2,(H3,18,19). The van der Waals surface area contributed by atoms with Crippen molar-refractivity contribution in [3.63, 3.8) is 0 Å². The van der Waals surface area contributed by atoms with E-state index in [1.54, 1.807) is 0 Å². The molecule has 0 fully saturated rings. The molecule has 0 bridgehead atoms. The maximum atomic E-state index is 13.7. The van der Waals surface area contributed by atoms with Crippen molar-refractivity contribution in [1.29, 1.82) is 5.41 Å². The molecule has 112 valence electrons. The highest BCUT2D eigenvalue weighted by atomic mass is 19.1. The van der Waals surface area contributed by atoms with E-state index in [0.717, 1.165) is 24.4 Å². The van der Waals surface area contributed by atoms with Gasteiger partial charge in [-0.05, 0) is 18.2 Å². The Morgan fingerprint density at radius 3 is 2.55 bits per heavy atom. The largest absolute Gasteiger partial charge is 0.382 e. The molecule has 3 aromatic rings. The molecule has 0 aliphatic heterocycles. The Balaban J connectivity index is 2.18. The van der Waals surface area contributed by atoms with Crippen LogP contribution in [-0.2, 0) is 6.54 Å². The monoisotopic (exact) mass is 305 g/mol. The van der Waals surface area contributed by atoms with Crippen molar-refractivity contribution in [3.05, 3.63) is 59.2 Å². The number of hydrogen-bond donors (Lipinski definition) is 2. The van der Waals surface area contributed by atoms with Gasteiger partial charge in [-0.25, -0.2) is 22.8 Å². The highest BCUT2D eigenvalue weighted by Gasteiger charge is 2.17. The maximum Gasteiger partial charge on any atom is 0.159 e. The molecule has 22 heavy (non-hydrogen) atoms. The van der Waals surface area contributed by atoms with E-state index in [-0.39, 0.29) is 34.7 Å². The van der Waals surface area contributed by atoms with Gasteiger partial charge >= 0.3 is 0 Å². The zero-order valence-corrected chi connectivity index (χ0v) is 11.1. The van der Waals surface area contributed by atoms with Gasteiger partial charge in [0.15, 0.2) is 5.65 Å². The van der Waals surface area contributed by atoms with Crippen molar-refractivity contribution in [3.8, 4) is 0 Å². The molecule has 3 N–H and O–H groups in total. The molecular formula is C14H10F3N5. The summed E-state index contributed by atoms with van der Waals surface area (Å²) in [6.45, 7) is -0.249. The molecule has 2 heterocycles. The first kappa shape index (κ1) is 14.1. The number of hydrogen-bond acceptors (Lipinski definition) is 3. The van der Waals surface area contributed by atoms with E-state index >= 15 is 0 Å². The summed E-state index contributed by atoms with van der Waals surface area (Å²) in [5.41, 5.74) is 5.41. The van der Waals surface area contributed by atoms with Crippen LogP contribution in [0.25, 0.3) is 11.0 Å². The summed E-state index contributed by atoms with van der Waals surface area (Å²) in [4.78, 5) is 3.87. The first-order chi connectivity index (χ1) is 10.5. The van der Waals surface area contributed by atoms with Crippen LogP contribution in [0.4, 0.5) is 13.2 Å². The summed E-state index contributed by atoms with van der Waals surface area (Å²) >= 11 is 0. The van der Waals surface area contributed by atoms with Crippen molar-refractivity contribution in [2.75, 3.05) is 0 Å². The summed E-state index contributed by atoms with van der Waals surface area (Å²) in [5, 5.41) is 11.7. The number of nitrogens with two attached hydrogens (primary N) is 1. The number of aromatic nitrogens is 3. The highest BCUT2D eigenvalue weighted by Crippen LogP contribution is 2.20. The molecular weight excluding hydrogens is 295 g/mol. The number of amidine groups is 1. The fourth-order valence-corrected chi connectivity index (χ4v) is 2.18. The second kappa shape index (κ2) is 5.14. The van der Waals surface area contributed by atoms with Gasteiger partial charge in [0.1, 0.15) is 29.0 Å². The Kier molecular flexibility index (Phi) is 3.28. The number of rotatable bonds is 3. The minimum atomic E-state index is -0.727. The van der Waals surface area contributed by atoms with Crippen molar-refractivity contribution >= 4 is 16.9 Å². The molecule has 0 atom stereocenters. The summed E-state index contributed by atoms with van der Waals surface area (Å²) < 4.78 is 42.0. The number of nitrogens with one attached hydrogen (secondary N) is 1. The third-order valence-electron chi connectivity index (χ3n) is 3.18. The fourth-order valence-electron chi connectivity index (χ4n) is 2.18. The van der Waals surface area contributed by atoms with Crippen LogP contribution >= 0.6 is 0 Å². The molecule has 0 aliphatic rings. The molecule has 5 nitrogen and oxygen atoms in total. The second-order valence-corrected chi connectivity index (χ2v) is 4.64. The van der Waals surface area contributed by atoms with E-state index < -0.39 is 17.5 Å². The molecule has 0 radical (unpaired) electrons. The van der Waals surface area contributed by atoms with Crippen LogP contribution < -0.4 is 5.73 Å². The first-order valence-corrected chi connectivity index (χ1v) is 6.26. The average Bonchev–Trinajstić information content (AvgIpc) is 2.81. The van der Waals surface area contributed by atoms with Crippen molar-refractivity contribution < 1.29 is 13.2 Å². The quantitative estimate of drug-likeness (QED) is 0.575. The van der Waals surface area contributed by atoms with E-state index in [1.807, 2.05) is 0 Å². The number of fused-ring (bicyclic) bond motifs is 1. The minimum Gasteiger partial charge on any atom is -0.382 e. The van der Waals surface area contributed by atoms with Gasteiger partial charge in [-0.15, -0.1) is 0 Å². The van der Waals surface area contributed by atoms with Crippen LogP contribution in [0.15, 0.2) is 30.5 Å². The predicted octanol–water partition coefficient (Wildman–Crippen LogP) is 2.18. The average molecular weight is 305 g/mol. The Bertz CT molecular complexity index is 867. The second-order valence-electron chi connectivity index (χ2n) is 4.64. The molecule has 8 heteroatoms. The van der Waals surface area contributed by atoms with Gasteiger partial charge in [0.25, 0.3) is 0 Å². The van der Waals surface area contributed by atoms with Gasteiger partial charge in [0, 0.05) is 5.56 Å². The van der Waals surface area contributed by atoms with E-state index in [2.05, 4.69) is 10.1 Å². The van der Waals surface area contributed by atoms with E-state index in [4.69, 9.17) is 11.1 Å². The Morgan fingerprint density at radius 2 is 1.91 bits per heavy atom. The normalized spacial score (nSPS) is 11.0. The molecule has 0 aliphatic carbocycles. The lowest BCUT2D eigenvalue weighted by atomic mass is 10.2. The van der Waals surface area contributed by atoms with Crippen LogP contribution in [-0.4, -0.2) is 20.6 Å². The first-order valence-electron chi connectivity index (χ1n) is 6.26. The van der Waals surface area contributed by atoms with Crippen molar-refractivity contribution in [2.24, 2.45) is 5.73 Å². The molecule has 0 saturated heterocycles. The molecule has 3 rings (SSSR count). The molecule has 0 unspecified atom stereocenters. The number of nitrogen functional groups attached to an aromatic ring is 1. The van der Waals surface area contributed by atoms with Gasteiger partial charge in [-0.2, -0.15) is 5.10 Å². The molecule has 0 amide bonds. The lowest BCUT2D eigenvalue weighted by molar-refractivity contribution is 0.535. The SMILES string of the molecule is N=C(N)c1nn(Cc2c(F)cccc2F)c2ncc(F)cc12.